The molecule has 10 heteroatoms. The van der Waals surface area contributed by atoms with E-state index in [4.69, 9.17) is 9.47 Å². The Morgan fingerprint density at radius 2 is 1.69 bits per heavy atom. The summed E-state index contributed by atoms with van der Waals surface area (Å²) in [5.41, 5.74) is 0.694. The van der Waals surface area contributed by atoms with Gasteiger partial charge in [-0.1, -0.05) is 45.0 Å². The number of fused-ring (bicyclic) bond motifs is 1. The minimum absolute atomic E-state index is 0.0625. The molecule has 4 rings (SSSR count). The predicted molar refractivity (Wildman–Crippen MR) is 127 cm³/mol. The van der Waals surface area contributed by atoms with Crippen LogP contribution in [0.3, 0.4) is 0 Å². The number of urea groups is 2. The summed E-state index contributed by atoms with van der Waals surface area (Å²) in [5, 5.41) is 7.32. The number of nitrogens with one attached hydrogen (secondary N) is 3. The number of nitrogens with zero attached hydrogens (tertiary/aromatic N) is 1. The maximum atomic E-state index is 13.1. The van der Waals surface area contributed by atoms with Gasteiger partial charge >= 0.3 is 12.1 Å². The predicted octanol–water partition coefficient (Wildman–Crippen LogP) is 2.87. The molecule has 1 saturated heterocycles. The first-order chi connectivity index (χ1) is 16.5. The molecule has 0 aromatic heterocycles. The first-order valence-corrected chi connectivity index (χ1v) is 11.2. The number of amides is 6. The molecule has 3 N–H and O–H groups in total. The van der Waals surface area contributed by atoms with Crippen molar-refractivity contribution in [2.24, 2.45) is 0 Å². The number of hydrogen-bond donors (Lipinski definition) is 3. The summed E-state index contributed by atoms with van der Waals surface area (Å²) in [6.07, 6.45) is 0. The lowest BCUT2D eigenvalue weighted by Crippen LogP contribution is -2.45. The highest BCUT2D eigenvalue weighted by Gasteiger charge is 2.49. The maximum Gasteiger partial charge on any atom is 0.325 e. The van der Waals surface area contributed by atoms with Crippen LogP contribution in [0.1, 0.15) is 38.8 Å². The Bertz CT molecular complexity index is 1190. The fourth-order valence-electron chi connectivity index (χ4n) is 3.93. The van der Waals surface area contributed by atoms with Crippen LogP contribution in [0.5, 0.6) is 11.5 Å². The second kappa shape index (κ2) is 8.94. The van der Waals surface area contributed by atoms with Gasteiger partial charge in [0, 0.05) is 11.8 Å². The molecule has 0 spiro atoms. The van der Waals surface area contributed by atoms with Crippen molar-refractivity contribution in [2.75, 3.05) is 25.1 Å². The van der Waals surface area contributed by atoms with Crippen molar-refractivity contribution >= 4 is 29.6 Å². The standard InChI is InChI=1S/C25H28N4O6/c1-24(2,3)15-5-7-16(8-6-15)25(4)21(31)29(23(33)28-25)14-20(30)27-22(32)26-17-9-10-18-19(13-17)35-12-11-34-18/h5-10,13H,11-12,14H2,1-4H3,(H,28,33)(H2,26,27,30,32). The lowest BCUT2D eigenvalue weighted by Gasteiger charge is -2.24. The van der Waals surface area contributed by atoms with E-state index in [0.717, 1.165) is 10.5 Å². The van der Waals surface area contributed by atoms with Gasteiger partial charge in [-0.3, -0.25) is 19.8 Å². The summed E-state index contributed by atoms with van der Waals surface area (Å²) in [7, 11) is 0. The van der Waals surface area contributed by atoms with Gasteiger partial charge in [0.05, 0.1) is 0 Å². The molecule has 2 heterocycles. The van der Waals surface area contributed by atoms with Gasteiger partial charge in [-0.15, -0.1) is 0 Å². The number of rotatable bonds is 4. The van der Waals surface area contributed by atoms with E-state index in [1.807, 2.05) is 12.1 Å². The van der Waals surface area contributed by atoms with Crippen LogP contribution in [0.4, 0.5) is 15.3 Å². The average Bonchev–Trinajstić information content (AvgIpc) is 3.02. The summed E-state index contributed by atoms with van der Waals surface area (Å²) >= 11 is 0. The van der Waals surface area contributed by atoms with Crippen LogP contribution in [-0.2, 0) is 20.5 Å². The molecule has 6 amide bonds. The molecule has 0 radical (unpaired) electrons. The van der Waals surface area contributed by atoms with E-state index >= 15 is 0 Å². The van der Waals surface area contributed by atoms with Crippen molar-refractivity contribution in [1.82, 2.24) is 15.5 Å². The van der Waals surface area contributed by atoms with E-state index in [1.54, 1.807) is 37.3 Å². The molecule has 10 nitrogen and oxygen atoms in total. The Labute approximate surface area is 203 Å². The molecule has 2 aliphatic heterocycles. The molecule has 2 aromatic rings. The Hall–Kier alpha value is -4.08. The van der Waals surface area contributed by atoms with Crippen LogP contribution in [0.15, 0.2) is 42.5 Å². The van der Waals surface area contributed by atoms with E-state index in [2.05, 4.69) is 36.7 Å². The normalized spacial score (nSPS) is 19.3. The third-order valence-corrected chi connectivity index (χ3v) is 5.96. The average molecular weight is 481 g/mol. The molecule has 1 unspecified atom stereocenters. The zero-order valence-electron chi connectivity index (χ0n) is 20.1. The van der Waals surface area contributed by atoms with Crippen molar-refractivity contribution in [3.8, 4) is 11.5 Å². The van der Waals surface area contributed by atoms with Gasteiger partial charge in [-0.2, -0.15) is 0 Å². The van der Waals surface area contributed by atoms with E-state index in [9.17, 15) is 19.2 Å². The zero-order chi connectivity index (χ0) is 25.4. The van der Waals surface area contributed by atoms with E-state index in [-0.39, 0.29) is 5.41 Å². The fourth-order valence-corrected chi connectivity index (χ4v) is 3.93. The van der Waals surface area contributed by atoms with Gasteiger partial charge in [0.2, 0.25) is 5.91 Å². The topological polar surface area (TPSA) is 126 Å². The van der Waals surface area contributed by atoms with Crippen LogP contribution in [0.25, 0.3) is 0 Å². The Morgan fingerprint density at radius 1 is 1.03 bits per heavy atom. The lowest BCUT2D eigenvalue weighted by molar-refractivity contribution is -0.134. The summed E-state index contributed by atoms with van der Waals surface area (Å²) in [6, 6.07) is 10.7. The zero-order valence-corrected chi connectivity index (χ0v) is 20.1. The van der Waals surface area contributed by atoms with Gasteiger partial charge in [0.15, 0.2) is 11.5 Å². The number of ether oxygens (including phenoxy) is 2. The maximum absolute atomic E-state index is 13.1. The Kier molecular flexibility index (Phi) is 6.14. The minimum Gasteiger partial charge on any atom is -0.486 e. The molecule has 184 valence electrons. The number of carbonyl (C=O) groups is 4. The second-order valence-electron chi connectivity index (χ2n) is 9.63. The van der Waals surface area contributed by atoms with Crippen molar-refractivity contribution in [1.29, 1.82) is 0 Å². The first kappa shape index (κ1) is 24.1. The first-order valence-electron chi connectivity index (χ1n) is 11.2. The monoisotopic (exact) mass is 480 g/mol. The van der Waals surface area contributed by atoms with Gasteiger partial charge < -0.3 is 20.1 Å². The van der Waals surface area contributed by atoms with Crippen LogP contribution in [0, 0.1) is 0 Å². The van der Waals surface area contributed by atoms with E-state index < -0.39 is 36.0 Å². The van der Waals surface area contributed by atoms with Crippen LogP contribution in [-0.4, -0.2) is 48.5 Å². The van der Waals surface area contributed by atoms with E-state index in [0.29, 0.717) is 36.0 Å². The Balaban J connectivity index is 1.38. The van der Waals surface area contributed by atoms with Crippen molar-refractivity contribution < 1.29 is 28.7 Å². The van der Waals surface area contributed by atoms with Crippen molar-refractivity contribution in [2.45, 2.75) is 38.6 Å². The number of benzene rings is 2. The highest BCUT2D eigenvalue weighted by Crippen LogP contribution is 2.33. The summed E-state index contributed by atoms with van der Waals surface area (Å²) in [5.74, 6) is -0.341. The molecule has 0 bridgehead atoms. The molecule has 0 saturated carbocycles. The largest absolute Gasteiger partial charge is 0.486 e. The van der Waals surface area contributed by atoms with Crippen LogP contribution in [0.2, 0.25) is 0 Å². The molecule has 35 heavy (non-hydrogen) atoms. The number of imide groups is 2. The third-order valence-electron chi connectivity index (χ3n) is 5.96. The molecule has 2 aliphatic rings. The summed E-state index contributed by atoms with van der Waals surface area (Å²) in [6.45, 7) is 8.07. The van der Waals surface area contributed by atoms with Crippen molar-refractivity contribution in [3.05, 3.63) is 53.6 Å². The van der Waals surface area contributed by atoms with Crippen molar-refractivity contribution in [3.63, 3.8) is 0 Å². The fraction of sp³-hybridized carbons (Fsp3) is 0.360. The van der Waals surface area contributed by atoms with Gasteiger partial charge in [-0.05, 0) is 35.6 Å². The SMILES string of the molecule is CC(C)(C)c1ccc(C2(C)NC(=O)N(CC(=O)NC(=O)Nc3ccc4c(c3)OCCO4)C2=O)cc1. The van der Waals surface area contributed by atoms with E-state index in [1.165, 1.54) is 0 Å². The molecule has 0 aliphatic carbocycles. The van der Waals surface area contributed by atoms with Crippen LogP contribution >= 0.6 is 0 Å². The number of carbonyl (C=O) groups excluding carboxylic acids is 4. The molecule has 2 aromatic carbocycles. The van der Waals surface area contributed by atoms with Gasteiger partial charge in [0.1, 0.15) is 25.3 Å². The molecular formula is C25H28N4O6. The third kappa shape index (κ3) is 4.91. The minimum atomic E-state index is -1.32. The number of anilines is 1. The van der Waals surface area contributed by atoms with Crippen LogP contribution < -0.4 is 25.4 Å². The highest BCUT2D eigenvalue weighted by molar-refractivity contribution is 6.10. The molecule has 1 fully saturated rings. The summed E-state index contributed by atoms with van der Waals surface area (Å²) < 4.78 is 10.9. The second-order valence-corrected chi connectivity index (χ2v) is 9.63. The highest BCUT2D eigenvalue weighted by atomic mass is 16.6. The molecular weight excluding hydrogens is 452 g/mol. The lowest BCUT2D eigenvalue weighted by atomic mass is 9.84. The van der Waals surface area contributed by atoms with Gasteiger partial charge in [-0.25, -0.2) is 9.59 Å². The quantitative estimate of drug-likeness (QED) is 0.578. The molecule has 1 atom stereocenters. The smallest absolute Gasteiger partial charge is 0.325 e. The Morgan fingerprint density at radius 3 is 2.34 bits per heavy atom. The van der Waals surface area contributed by atoms with Gasteiger partial charge in [0.25, 0.3) is 5.91 Å². The number of hydrogen-bond acceptors (Lipinski definition) is 6. The summed E-state index contributed by atoms with van der Waals surface area (Å²) in [4.78, 5) is 51.1.